The Balaban J connectivity index is 2.13. The molecule has 2 rings (SSSR count). The number of nitro groups is 1. The number of hydrogen-bond donors (Lipinski definition) is 1. The Morgan fingerprint density at radius 3 is 2.73 bits per heavy atom. The lowest BCUT2D eigenvalue weighted by atomic mass is 10.0. The maximum atomic E-state index is 12.0. The van der Waals surface area contributed by atoms with Gasteiger partial charge in [-0.25, -0.2) is 4.79 Å². The first kappa shape index (κ1) is 20.4. The SMILES string of the molecule is COC1CN(c2c(Br)cncc2[N+](=O)[O-])CCC1NC(=O)OC(C)(C)C. The first-order chi connectivity index (χ1) is 12.1. The highest BCUT2D eigenvalue weighted by molar-refractivity contribution is 9.10. The molecule has 2 atom stereocenters. The zero-order chi connectivity index (χ0) is 19.5. The number of anilines is 1. The van der Waals surface area contributed by atoms with E-state index in [4.69, 9.17) is 9.47 Å². The van der Waals surface area contributed by atoms with Crippen molar-refractivity contribution < 1.29 is 19.2 Å². The van der Waals surface area contributed by atoms with Gasteiger partial charge in [-0.15, -0.1) is 0 Å². The summed E-state index contributed by atoms with van der Waals surface area (Å²) in [6.07, 6.45) is 2.47. The largest absolute Gasteiger partial charge is 0.444 e. The monoisotopic (exact) mass is 430 g/mol. The molecule has 0 aliphatic carbocycles. The van der Waals surface area contributed by atoms with Gasteiger partial charge in [-0.2, -0.15) is 0 Å². The Hall–Kier alpha value is -1.94. The maximum Gasteiger partial charge on any atom is 0.407 e. The van der Waals surface area contributed by atoms with Crippen molar-refractivity contribution in [3.63, 3.8) is 0 Å². The molecular formula is C16H23BrN4O5. The van der Waals surface area contributed by atoms with Gasteiger partial charge in [0, 0.05) is 26.4 Å². The summed E-state index contributed by atoms with van der Waals surface area (Å²) in [7, 11) is 1.55. The Morgan fingerprint density at radius 2 is 2.15 bits per heavy atom. The van der Waals surface area contributed by atoms with Crippen LogP contribution in [0.4, 0.5) is 16.2 Å². The Morgan fingerprint density at radius 1 is 1.46 bits per heavy atom. The van der Waals surface area contributed by atoms with Crippen LogP contribution >= 0.6 is 15.9 Å². The van der Waals surface area contributed by atoms with Crippen LogP contribution in [0.3, 0.4) is 0 Å². The lowest BCUT2D eigenvalue weighted by molar-refractivity contribution is -0.384. The van der Waals surface area contributed by atoms with E-state index in [1.165, 1.54) is 12.4 Å². The smallest absolute Gasteiger partial charge is 0.407 e. The first-order valence-corrected chi connectivity index (χ1v) is 8.97. The van der Waals surface area contributed by atoms with Crippen molar-refractivity contribution in [3.8, 4) is 0 Å². The number of alkyl carbamates (subject to hydrolysis) is 1. The number of amides is 1. The molecule has 1 aliphatic rings. The molecular weight excluding hydrogens is 408 g/mol. The highest BCUT2D eigenvalue weighted by atomic mass is 79.9. The van der Waals surface area contributed by atoms with Crippen LogP contribution in [0.25, 0.3) is 0 Å². The molecule has 1 amide bonds. The van der Waals surface area contributed by atoms with Crippen molar-refractivity contribution in [3.05, 3.63) is 27.0 Å². The molecule has 10 heteroatoms. The van der Waals surface area contributed by atoms with E-state index in [2.05, 4.69) is 26.2 Å². The molecule has 1 fully saturated rings. The average Bonchev–Trinajstić information content (AvgIpc) is 2.53. The molecule has 0 bridgehead atoms. The van der Waals surface area contributed by atoms with Crippen LogP contribution in [0.5, 0.6) is 0 Å². The number of halogens is 1. The summed E-state index contributed by atoms with van der Waals surface area (Å²) >= 11 is 3.34. The van der Waals surface area contributed by atoms with E-state index in [1.807, 2.05) is 4.90 Å². The molecule has 0 aromatic carbocycles. The molecule has 0 radical (unpaired) electrons. The van der Waals surface area contributed by atoms with Gasteiger partial charge in [0.15, 0.2) is 0 Å². The minimum Gasteiger partial charge on any atom is -0.444 e. The average molecular weight is 431 g/mol. The van der Waals surface area contributed by atoms with Crippen LogP contribution in [-0.2, 0) is 9.47 Å². The van der Waals surface area contributed by atoms with E-state index in [0.29, 0.717) is 29.7 Å². The molecule has 26 heavy (non-hydrogen) atoms. The van der Waals surface area contributed by atoms with Crippen molar-refractivity contribution in [1.82, 2.24) is 10.3 Å². The van der Waals surface area contributed by atoms with Crippen LogP contribution in [0, 0.1) is 10.1 Å². The summed E-state index contributed by atoms with van der Waals surface area (Å²) in [5.41, 5.74) is -0.203. The molecule has 0 spiro atoms. The van der Waals surface area contributed by atoms with Gasteiger partial charge in [0.05, 0.1) is 21.5 Å². The molecule has 144 valence electrons. The summed E-state index contributed by atoms with van der Waals surface area (Å²) < 4.78 is 11.3. The molecule has 0 saturated carbocycles. The Labute approximate surface area is 160 Å². The van der Waals surface area contributed by atoms with Crippen molar-refractivity contribution in [2.24, 2.45) is 0 Å². The van der Waals surface area contributed by atoms with Crippen molar-refractivity contribution in [1.29, 1.82) is 0 Å². The number of methoxy groups -OCH3 is 1. The third-order valence-corrected chi connectivity index (χ3v) is 4.51. The minimum absolute atomic E-state index is 0.0761. The van der Waals surface area contributed by atoms with E-state index >= 15 is 0 Å². The van der Waals surface area contributed by atoms with Crippen LogP contribution in [0.15, 0.2) is 16.9 Å². The number of carbonyl (C=O) groups excluding carboxylic acids is 1. The Bertz CT molecular complexity index is 679. The fourth-order valence-electron chi connectivity index (χ4n) is 2.85. The van der Waals surface area contributed by atoms with Crippen LogP contribution in [0.2, 0.25) is 0 Å². The van der Waals surface area contributed by atoms with Gasteiger partial charge < -0.3 is 19.7 Å². The second kappa shape index (κ2) is 8.17. The first-order valence-electron chi connectivity index (χ1n) is 8.17. The fraction of sp³-hybridized carbons (Fsp3) is 0.625. The van der Waals surface area contributed by atoms with Gasteiger partial charge in [0.2, 0.25) is 0 Å². The van der Waals surface area contributed by atoms with Crippen LogP contribution in [-0.4, -0.2) is 53.9 Å². The fourth-order valence-corrected chi connectivity index (χ4v) is 3.42. The number of hydrogen-bond acceptors (Lipinski definition) is 7. The number of nitrogens with one attached hydrogen (secondary N) is 1. The van der Waals surface area contributed by atoms with E-state index < -0.39 is 16.6 Å². The second-order valence-corrected chi connectivity index (χ2v) is 7.86. The summed E-state index contributed by atoms with van der Waals surface area (Å²) in [6.45, 7) is 6.29. The third-order valence-electron chi connectivity index (χ3n) is 3.93. The number of aromatic nitrogens is 1. The van der Waals surface area contributed by atoms with E-state index in [-0.39, 0.29) is 17.8 Å². The number of nitrogens with zero attached hydrogens (tertiary/aromatic N) is 3. The zero-order valence-electron chi connectivity index (χ0n) is 15.2. The van der Waals surface area contributed by atoms with E-state index in [1.54, 1.807) is 27.9 Å². The predicted molar refractivity (Wildman–Crippen MR) is 99.4 cm³/mol. The topological polar surface area (TPSA) is 107 Å². The number of pyridine rings is 1. The van der Waals surface area contributed by atoms with Crippen molar-refractivity contribution in [2.45, 2.75) is 44.9 Å². The molecule has 9 nitrogen and oxygen atoms in total. The molecule has 2 unspecified atom stereocenters. The van der Waals surface area contributed by atoms with E-state index in [9.17, 15) is 14.9 Å². The van der Waals surface area contributed by atoms with Gasteiger partial charge >= 0.3 is 11.8 Å². The number of ether oxygens (including phenoxy) is 2. The summed E-state index contributed by atoms with van der Waals surface area (Å²) in [5, 5.41) is 14.2. The van der Waals surface area contributed by atoms with Gasteiger partial charge in [-0.1, -0.05) is 0 Å². The molecule has 1 aromatic heterocycles. The highest BCUT2D eigenvalue weighted by Gasteiger charge is 2.35. The standard InChI is InChI=1S/C16H23BrN4O5/c1-16(2,3)26-15(22)19-11-5-6-20(9-13(11)25-4)14-10(17)7-18-8-12(14)21(23)24/h7-8,11,13H,5-6,9H2,1-4H3,(H,19,22). The van der Waals surface area contributed by atoms with Gasteiger partial charge in [0.1, 0.15) is 17.5 Å². The normalized spacial score (nSPS) is 20.6. The maximum absolute atomic E-state index is 12.0. The van der Waals surface area contributed by atoms with Crippen molar-refractivity contribution in [2.75, 3.05) is 25.1 Å². The lowest BCUT2D eigenvalue weighted by Gasteiger charge is -2.39. The molecule has 1 saturated heterocycles. The van der Waals surface area contributed by atoms with E-state index in [0.717, 1.165) is 0 Å². The molecule has 1 N–H and O–H groups in total. The zero-order valence-corrected chi connectivity index (χ0v) is 16.8. The second-order valence-electron chi connectivity index (χ2n) is 7.01. The molecule has 1 aliphatic heterocycles. The minimum atomic E-state index is -0.587. The van der Waals surface area contributed by atoms with Crippen LogP contribution < -0.4 is 10.2 Å². The number of piperidine rings is 1. The summed E-state index contributed by atoms with van der Waals surface area (Å²) in [6, 6.07) is -0.245. The predicted octanol–water partition coefficient (Wildman–Crippen LogP) is 2.87. The lowest BCUT2D eigenvalue weighted by Crippen LogP contribution is -2.55. The van der Waals surface area contributed by atoms with Gasteiger partial charge in [0.25, 0.3) is 0 Å². The Kier molecular flexibility index (Phi) is 6.40. The van der Waals surface area contributed by atoms with Crippen molar-refractivity contribution >= 4 is 33.4 Å². The summed E-state index contributed by atoms with van der Waals surface area (Å²) in [4.78, 5) is 28.6. The third kappa shape index (κ3) is 5.04. The molecule has 2 heterocycles. The summed E-state index contributed by atoms with van der Waals surface area (Å²) in [5.74, 6) is 0. The highest BCUT2D eigenvalue weighted by Crippen LogP contribution is 2.36. The number of rotatable bonds is 4. The quantitative estimate of drug-likeness (QED) is 0.577. The van der Waals surface area contributed by atoms with Gasteiger partial charge in [-0.3, -0.25) is 15.1 Å². The molecule has 1 aromatic rings. The van der Waals surface area contributed by atoms with Gasteiger partial charge in [-0.05, 0) is 43.1 Å². The number of carbonyl (C=O) groups is 1. The van der Waals surface area contributed by atoms with Crippen LogP contribution in [0.1, 0.15) is 27.2 Å².